The molecule has 1 aliphatic rings. The second-order valence-corrected chi connectivity index (χ2v) is 7.67. The van der Waals surface area contributed by atoms with Crippen LogP contribution in [-0.4, -0.2) is 23.3 Å². The van der Waals surface area contributed by atoms with E-state index in [9.17, 15) is 8.78 Å². The second-order valence-electron chi connectivity index (χ2n) is 7.23. The molecule has 0 bridgehead atoms. The third-order valence-electron chi connectivity index (χ3n) is 5.35. The van der Waals surface area contributed by atoms with Crippen LogP contribution in [0, 0.1) is 0 Å². The average Bonchev–Trinajstić information content (AvgIpc) is 3.18. The number of aromatic nitrogens is 2. The Morgan fingerprint density at radius 1 is 1.06 bits per heavy atom. The molecule has 0 radical (unpaired) electrons. The van der Waals surface area contributed by atoms with Gasteiger partial charge >= 0.3 is 6.61 Å². The minimum absolute atomic E-state index is 0.0605. The highest BCUT2D eigenvalue weighted by atomic mass is 35.5. The van der Waals surface area contributed by atoms with Crippen LogP contribution in [0.2, 0.25) is 5.02 Å². The number of imidazole rings is 1. The topological polar surface area (TPSA) is 48.3 Å². The molecule has 0 aliphatic carbocycles. The molecule has 2 heterocycles. The summed E-state index contributed by atoms with van der Waals surface area (Å²) in [4.78, 5) is 4.72. The zero-order valence-corrected chi connectivity index (χ0v) is 17.7. The normalized spacial score (nSPS) is 15.3. The van der Waals surface area contributed by atoms with Crippen LogP contribution >= 0.6 is 11.6 Å². The number of anilines is 1. The van der Waals surface area contributed by atoms with Crippen molar-refractivity contribution in [2.45, 2.75) is 12.7 Å². The van der Waals surface area contributed by atoms with Crippen molar-refractivity contribution in [2.24, 2.45) is 0 Å². The van der Waals surface area contributed by atoms with Gasteiger partial charge in [0.15, 0.2) is 0 Å². The first-order chi connectivity index (χ1) is 15.5. The maximum atomic E-state index is 13.2. The van der Waals surface area contributed by atoms with Gasteiger partial charge in [0.2, 0.25) is 5.95 Å². The highest BCUT2D eigenvalue weighted by Crippen LogP contribution is 2.41. The fourth-order valence-electron chi connectivity index (χ4n) is 3.93. The fraction of sp³-hybridized carbons (Fsp3) is 0.125. The van der Waals surface area contributed by atoms with Gasteiger partial charge in [-0.05, 0) is 66.2 Å². The molecule has 1 unspecified atom stereocenters. The summed E-state index contributed by atoms with van der Waals surface area (Å²) in [6.45, 7) is -2.96. The molecule has 1 aromatic heterocycles. The van der Waals surface area contributed by atoms with E-state index in [2.05, 4.69) is 5.32 Å². The Balaban J connectivity index is 1.71. The summed E-state index contributed by atoms with van der Waals surface area (Å²) in [7, 11) is 1.61. The zero-order chi connectivity index (χ0) is 22.2. The molecule has 0 spiro atoms. The summed E-state index contributed by atoms with van der Waals surface area (Å²) in [5.41, 5.74) is 3.82. The van der Waals surface area contributed by atoms with Crippen LogP contribution in [0.4, 0.5) is 14.7 Å². The molecule has 0 saturated heterocycles. The molecule has 5 nitrogen and oxygen atoms in total. The number of alkyl halides is 2. The highest BCUT2D eigenvalue weighted by molar-refractivity contribution is 6.30. The Morgan fingerprint density at radius 3 is 2.59 bits per heavy atom. The molecule has 1 atom stereocenters. The number of nitrogens with zero attached hydrogens (tertiary/aromatic N) is 2. The lowest BCUT2D eigenvalue weighted by atomic mass is 10.00. The highest BCUT2D eigenvalue weighted by Gasteiger charge is 2.28. The van der Waals surface area contributed by atoms with E-state index in [1.807, 2.05) is 59.2 Å². The van der Waals surface area contributed by atoms with Crippen molar-refractivity contribution in [1.82, 2.24) is 9.55 Å². The number of allylic oxidation sites excluding steroid dienone is 1. The third kappa shape index (κ3) is 3.65. The number of methoxy groups -OCH3 is 1. The van der Waals surface area contributed by atoms with Gasteiger partial charge in [-0.25, -0.2) is 4.98 Å². The molecule has 32 heavy (non-hydrogen) atoms. The third-order valence-corrected chi connectivity index (χ3v) is 5.59. The number of rotatable bonds is 5. The van der Waals surface area contributed by atoms with Crippen molar-refractivity contribution >= 4 is 34.3 Å². The maximum Gasteiger partial charge on any atom is 0.387 e. The minimum Gasteiger partial charge on any atom is -0.497 e. The van der Waals surface area contributed by atoms with E-state index >= 15 is 0 Å². The molecule has 8 heteroatoms. The molecule has 1 N–H and O–H groups in total. The molecule has 5 rings (SSSR count). The van der Waals surface area contributed by atoms with Gasteiger partial charge in [0.05, 0.1) is 24.2 Å². The van der Waals surface area contributed by atoms with Crippen molar-refractivity contribution in [3.8, 4) is 11.5 Å². The van der Waals surface area contributed by atoms with Gasteiger partial charge in [-0.3, -0.25) is 4.57 Å². The molecule has 0 saturated carbocycles. The largest absolute Gasteiger partial charge is 0.497 e. The van der Waals surface area contributed by atoms with E-state index in [1.54, 1.807) is 13.2 Å². The van der Waals surface area contributed by atoms with Crippen molar-refractivity contribution in [1.29, 1.82) is 0 Å². The lowest BCUT2D eigenvalue weighted by Gasteiger charge is -2.28. The number of para-hydroxylation sites is 2. The number of nitrogens with one attached hydrogen (secondary N) is 1. The number of benzene rings is 3. The van der Waals surface area contributed by atoms with Gasteiger partial charge in [0.1, 0.15) is 11.5 Å². The summed E-state index contributed by atoms with van der Waals surface area (Å²) >= 11 is 6.26. The molecule has 3 aromatic carbocycles. The van der Waals surface area contributed by atoms with Crippen molar-refractivity contribution < 1.29 is 18.3 Å². The van der Waals surface area contributed by atoms with Crippen molar-refractivity contribution in [3.05, 3.63) is 89.0 Å². The number of ether oxygens (including phenoxy) is 2. The van der Waals surface area contributed by atoms with Crippen molar-refractivity contribution in [3.63, 3.8) is 0 Å². The van der Waals surface area contributed by atoms with Gasteiger partial charge in [-0.1, -0.05) is 23.7 Å². The predicted octanol–water partition coefficient (Wildman–Crippen LogP) is 6.36. The Kier molecular flexibility index (Phi) is 5.19. The van der Waals surface area contributed by atoms with E-state index < -0.39 is 12.7 Å². The quantitative estimate of drug-likeness (QED) is 0.382. The van der Waals surface area contributed by atoms with Gasteiger partial charge in [-0.2, -0.15) is 8.78 Å². The summed E-state index contributed by atoms with van der Waals surface area (Å²) in [5, 5.41) is 3.79. The van der Waals surface area contributed by atoms with Gasteiger partial charge in [0, 0.05) is 16.3 Å². The first kappa shape index (κ1) is 20.3. The average molecular weight is 454 g/mol. The summed E-state index contributed by atoms with van der Waals surface area (Å²) in [6, 6.07) is 19.4. The predicted molar refractivity (Wildman–Crippen MR) is 121 cm³/mol. The van der Waals surface area contributed by atoms with E-state index in [1.165, 1.54) is 12.1 Å². The van der Waals surface area contributed by atoms with Crippen LogP contribution in [0.25, 0.3) is 16.7 Å². The first-order valence-electron chi connectivity index (χ1n) is 9.88. The van der Waals surface area contributed by atoms with Crippen LogP contribution in [0.3, 0.4) is 0 Å². The molecular formula is C24H18ClF2N3O2. The molecule has 162 valence electrons. The standard InChI is InChI=1S/C24H18ClF2N3O2/c1-31-16-9-6-14(7-10-16)19-13-21(17-12-15(25)8-11-22(17)32-23(26)27)30-20-5-3-2-4-18(20)28-24(30)29-19/h2-13,21,23H,1H3,(H,28,29). The van der Waals surface area contributed by atoms with Crippen LogP contribution in [-0.2, 0) is 0 Å². The fourth-order valence-corrected chi connectivity index (χ4v) is 4.11. The smallest absolute Gasteiger partial charge is 0.387 e. The maximum absolute atomic E-state index is 13.2. The monoisotopic (exact) mass is 453 g/mol. The number of halogens is 3. The minimum atomic E-state index is -2.96. The van der Waals surface area contributed by atoms with Crippen molar-refractivity contribution in [2.75, 3.05) is 12.4 Å². The first-order valence-corrected chi connectivity index (χ1v) is 10.3. The SMILES string of the molecule is COc1ccc(C2=CC(c3cc(Cl)ccc3OC(F)F)n3c(nc4ccccc43)N2)cc1. The van der Waals surface area contributed by atoms with E-state index in [0.717, 1.165) is 28.0 Å². The Labute approximate surface area is 187 Å². The Morgan fingerprint density at radius 2 is 1.84 bits per heavy atom. The summed E-state index contributed by atoms with van der Waals surface area (Å²) in [5.74, 6) is 1.38. The number of fused-ring (bicyclic) bond motifs is 3. The second kappa shape index (κ2) is 8.16. The Hall–Kier alpha value is -3.58. The Bertz CT molecular complexity index is 1320. The van der Waals surface area contributed by atoms with Crippen LogP contribution in [0.5, 0.6) is 11.5 Å². The summed E-state index contributed by atoms with van der Waals surface area (Å²) < 4.78 is 38.4. The molecular weight excluding hydrogens is 436 g/mol. The van der Waals surface area contributed by atoms with E-state index in [0.29, 0.717) is 16.5 Å². The molecule has 0 amide bonds. The van der Waals surface area contributed by atoms with Crippen LogP contribution < -0.4 is 14.8 Å². The zero-order valence-electron chi connectivity index (χ0n) is 16.9. The molecule has 4 aromatic rings. The van der Waals surface area contributed by atoms with E-state index in [-0.39, 0.29) is 5.75 Å². The van der Waals surface area contributed by atoms with Crippen LogP contribution in [0.1, 0.15) is 17.2 Å². The van der Waals surface area contributed by atoms with Gasteiger partial charge in [-0.15, -0.1) is 0 Å². The van der Waals surface area contributed by atoms with Crippen LogP contribution in [0.15, 0.2) is 72.8 Å². The lowest BCUT2D eigenvalue weighted by molar-refractivity contribution is -0.0505. The molecule has 1 aliphatic heterocycles. The lowest BCUT2D eigenvalue weighted by Crippen LogP contribution is -2.20. The van der Waals surface area contributed by atoms with E-state index in [4.69, 9.17) is 26.1 Å². The summed E-state index contributed by atoms with van der Waals surface area (Å²) in [6.07, 6.45) is 1.95. The van der Waals surface area contributed by atoms with Gasteiger partial charge in [0.25, 0.3) is 0 Å². The number of hydrogen-bond acceptors (Lipinski definition) is 4. The number of hydrogen-bond donors (Lipinski definition) is 1. The van der Waals surface area contributed by atoms with Gasteiger partial charge < -0.3 is 14.8 Å². The molecule has 0 fully saturated rings.